The lowest BCUT2D eigenvalue weighted by atomic mass is 10.2. The van der Waals surface area contributed by atoms with E-state index in [0.717, 1.165) is 4.90 Å². The number of hydrogen-bond donors (Lipinski definition) is 1. The average molecular weight is 260 g/mol. The summed E-state index contributed by atoms with van der Waals surface area (Å²) in [4.78, 5) is 12.4. The molecule has 0 heterocycles. The number of alkyl halides is 3. The average Bonchev–Trinajstić information content (AvgIpc) is 2.28. The van der Waals surface area contributed by atoms with E-state index in [-0.39, 0.29) is 13.1 Å². The fraction of sp³-hybridized carbons (Fsp3) is 0.417. The molecule has 3 nitrogen and oxygen atoms in total. The molecule has 1 rings (SSSR count). The van der Waals surface area contributed by atoms with Crippen molar-refractivity contribution < 1.29 is 18.0 Å². The number of carbonyl (C=O) groups is 1. The van der Waals surface area contributed by atoms with Crippen LogP contribution in [0.3, 0.4) is 0 Å². The zero-order valence-corrected chi connectivity index (χ0v) is 10.00. The van der Waals surface area contributed by atoms with E-state index >= 15 is 0 Å². The molecule has 0 fully saturated rings. The summed E-state index contributed by atoms with van der Waals surface area (Å²) in [5.74, 6) is -0.571. The summed E-state index contributed by atoms with van der Waals surface area (Å²) in [6.45, 7) is -1.38. The second-order valence-corrected chi connectivity index (χ2v) is 3.88. The third kappa shape index (κ3) is 5.18. The summed E-state index contributed by atoms with van der Waals surface area (Å²) in [7, 11) is 1.52. The van der Waals surface area contributed by atoms with E-state index in [9.17, 15) is 18.0 Å². The molecule has 0 aromatic heterocycles. The summed E-state index contributed by atoms with van der Waals surface area (Å²) in [6, 6.07) is 8.60. The standard InChI is InChI=1S/C12H15F3N2O/c1-16-7-11(18)17(9-12(13,14)15)8-10-5-3-2-4-6-10/h2-6,16H,7-9H2,1H3. The lowest BCUT2D eigenvalue weighted by Gasteiger charge is -2.24. The monoisotopic (exact) mass is 260 g/mol. The van der Waals surface area contributed by atoms with Crippen LogP contribution in [-0.4, -0.2) is 37.1 Å². The fourth-order valence-corrected chi connectivity index (χ4v) is 1.52. The third-order valence-electron chi connectivity index (χ3n) is 2.27. The first-order chi connectivity index (χ1) is 8.42. The number of hydrogen-bond acceptors (Lipinski definition) is 2. The van der Waals surface area contributed by atoms with Crippen molar-refractivity contribution in [3.63, 3.8) is 0 Å². The highest BCUT2D eigenvalue weighted by atomic mass is 19.4. The number of benzene rings is 1. The van der Waals surface area contributed by atoms with Gasteiger partial charge >= 0.3 is 6.18 Å². The minimum atomic E-state index is -4.39. The molecule has 100 valence electrons. The van der Waals surface area contributed by atoms with Gasteiger partial charge in [0.05, 0.1) is 6.54 Å². The van der Waals surface area contributed by atoms with Gasteiger partial charge in [0.2, 0.25) is 5.91 Å². The van der Waals surface area contributed by atoms with Crippen molar-refractivity contribution in [3.8, 4) is 0 Å². The number of carbonyl (C=O) groups excluding carboxylic acids is 1. The largest absolute Gasteiger partial charge is 0.406 e. The van der Waals surface area contributed by atoms with Gasteiger partial charge in [-0.1, -0.05) is 30.3 Å². The Labute approximate surface area is 104 Å². The molecule has 0 atom stereocenters. The quantitative estimate of drug-likeness (QED) is 0.875. The highest BCUT2D eigenvalue weighted by molar-refractivity contribution is 5.78. The molecule has 0 saturated heterocycles. The maximum atomic E-state index is 12.4. The van der Waals surface area contributed by atoms with Gasteiger partial charge in [-0.15, -0.1) is 0 Å². The summed E-state index contributed by atoms with van der Waals surface area (Å²) in [5, 5.41) is 2.56. The van der Waals surface area contributed by atoms with Gasteiger partial charge in [-0.3, -0.25) is 4.79 Å². The molecule has 0 unspecified atom stereocenters. The van der Waals surface area contributed by atoms with Crippen molar-refractivity contribution in [3.05, 3.63) is 35.9 Å². The summed E-state index contributed by atoms with van der Waals surface area (Å²) >= 11 is 0. The molecule has 0 bridgehead atoms. The Bertz CT molecular complexity index is 379. The predicted octanol–water partition coefficient (Wildman–Crippen LogP) is 1.80. The molecule has 0 saturated carbocycles. The van der Waals surface area contributed by atoms with Crippen LogP contribution in [0.1, 0.15) is 5.56 Å². The number of halogens is 3. The molecule has 18 heavy (non-hydrogen) atoms. The van der Waals surface area contributed by atoms with Crippen LogP contribution in [0.2, 0.25) is 0 Å². The van der Waals surface area contributed by atoms with Gasteiger partial charge in [-0.25, -0.2) is 0 Å². The molecular formula is C12H15F3N2O. The number of amides is 1. The molecule has 0 aliphatic rings. The van der Waals surface area contributed by atoms with E-state index in [1.807, 2.05) is 0 Å². The van der Waals surface area contributed by atoms with E-state index in [0.29, 0.717) is 5.56 Å². The summed E-state index contributed by atoms with van der Waals surface area (Å²) < 4.78 is 37.2. The first-order valence-electron chi connectivity index (χ1n) is 5.45. The highest BCUT2D eigenvalue weighted by Gasteiger charge is 2.32. The van der Waals surface area contributed by atoms with Gasteiger partial charge in [0.15, 0.2) is 0 Å². The Morgan fingerprint density at radius 1 is 1.28 bits per heavy atom. The Morgan fingerprint density at radius 3 is 2.39 bits per heavy atom. The molecule has 0 radical (unpaired) electrons. The van der Waals surface area contributed by atoms with Gasteiger partial charge in [0.1, 0.15) is 6.54 Å². The van der Waals surface area contributed by atoms with Crippen molar-refractivity contribution in [1.82, 2.24) is 10.2 Å². The smallest absolute Gasteiger partial charge is 0.328 e. The van der Waals surface area contributed by atoms with Crippen molar-refractivity contribution in [2.24, 2.45) is 0 Å². The topological polar surface area (TPSA) is 32.3 Å². The molecule has 0 aliphatic carbocycles. The van der Waals surface area contributed by atoms with E-state index in [1.165, 1.54) is 7.05 Å². The molecule has 6 heteroatoms. The van der Waals surface area contributed by atoms with Crippen LogP contribution in [0.25, 0.3) is 0 Å². The van der Waals surface area contributed by atoms with Crippen LogP contribution in [0, 0.1) is 0 Å². The maximum absolute atomic E-state index is 12.4. The lowest BCUT2D eigenvalue weighted by molar-refractivity contribution is -0.161. The van der Waals surface area contributed by atoms with E-state index in [1.54, 1.807) is 30.3 Å². The van der Waals surface area contributed by atoms with Crippen molar-refractivity contribution >= 4 is 5.91 Å². The van der Waals surface area contributed by atoms with Crippen LogP contribution in [0.4, 0.5) is 13.2 Å². The molecule has 1 N–H and O–H groups in total. The van der Waals surface area contributed by atoms with Crippen LogP contribution < -0.4 is 5.32 Å². The number of nitrogens with one attached hydrogen (secondary N) is 1. The van der Waals surface area contributed by atoms with Crippen LogP contribution in [-0.2, 0) is 11.3 Å². The van der Waals surface area contributed by atoms with Crippen molar-refractivity contribution in [2.45, 2.75) is 12.7 Å². The molecule has 0 spiro atoms. The number of rotatable bonds is 5. The van der Waals surface area contributed by atoms with Gasteiger partial charge in [-0.2, -0.15) is 13.2 Å². The molecule has 1 amide bonds. The van der Waals surface area contributed by atoms with Gasteiger partial charge in [0, 0.05) is 6.54 Å². The summed E-state index contributed by atoms with van der Waals surface area (Å²) in [5.41, 5.74) is 0.672. The molecule has 0 aliphatic heterocycles. The van der Waals surface area contributed by atoms with Crippen molar-refractivity contribution in [2.75, 3.05) is 20.1 Å². The van der Waals surface area contributed by atoms with Crippen LogP contribution in [0.5, 0.6) is 0 Å². The second-order valence-electron chi connectivity index (χ2n) is 3.88. The molecule has 1 aromatic carbocycles. The first kappa shape index (κ1) is 14.5. The first-order valence-corrected chi connectivity index (χ1v) is 5.45. The molecular weight excluding hydrogens is 245 g/mol. The Balaban J connectivity index is 2.74. The SMILES string of the molecule is CNCC(=O)N(Cc1ccccc1)CC(F)(F)F. The van der Waals surface area contributed by atoms with E-state index in [4.69, 9.17) is 0 Å². The normalized spacial score (nSPS) is 11.3. The van der Waals surface area contributed by atoms with Crippen LogP contribution >= 0.6 is 0 Å². The molecule has 1 aromatic rings. The highest BCUT2D eigenvalue weighted by Crippen LogP contribution is 2.18. The third-order valence-corrected chi connectivity index (χ3v) is 2.27. The lowest BCUT2D eigenvalue weighted by Crippen LogP contribution is -2.42. The second kappa shape index (κ2) is 6.39. The zero-order valence-electron chi connectivity index (χ0n) is 10.00. The van der Waals surface area contributed by atoms with Crippen LogP contribution in [0.15, 0.2) is 30.3 Å². The van der Waals surface area contributed by atoms with Gasteiger partial charge < -0.3 is 10.2 Å². The summed E-state index contributed by atoms with van der Waals surface area (Å²) in [6.07, 6.45) is -4.39. The Kier molecular flexibility index (Phi) is 5.15. The Hall–Kier alpha value is -1.56. The van der Waals surface area contributed by atoms with Gasteiger partial charge in [-0.05, 0) is 12.6 Å². The maximum Gasteiger partial charge on any atom is 0.406 e. The number of nitrogens with zero attached hydrogens (tertiary/aromatic N) is 1. The fourth-order valence-electron chi connectivity index (χ4n) is 1.52. The zero-order chi connectivity index (χ0) is 13.6. The van der Waals surface area contributed by atoms with E-state index < -0.39 is 18.6 Å². The van der Waals surface area contributed by atoms with Gasteiger partial charge in [0.25, 0.3) is 0 Å². The van der Waals surface area contributed by atoms with E-state index in [2.05, 4.69) is 5.32 Å². The Morgan fingerprint density at radius 2 is 1.89 bits per heavy atom. The predicted molar refractivity (Wildman–Crippen MR) is 61.8 cm³/mol. The minimum Gasteiger partial charge on any atom is -0.328 e. The minimum absolute atomic E-state index is 0.0408. The van der Waals surface area contributed by atoms with Crippen molar-refractivity contribution in [1.29, 1.82) is 0 Å². The number of likely N-dealkylation sites (N-methyl/N-ethyl adjacent to an activating group) is 1.